The van der Waals surface area contributed by atoms with Crippen molar-refractivity contribution in [3.05, 3.63) is 49.1 Å². The van der Waals surface area contributed by atoms with Crippen LogP contribution >= 0.6 is 0 Å². The van der Waals surface area contributed by atoms with E-state index in [1.54, 1.807) is 0 Å². The Kier molecular flexibility index (Phi) is 15.5. The Morgan fingerprint density at radius 2 is 0.895 bits per heavy atom. The minimum absolute atomic E-state index is 0.0669. The average molecular weight is 531 g/mol. The summed E-state index contributed by atoms with van der Waals surface area (Å²) >= 11 is 0. The molecule has 0 bridgehead atoms. The Bertz CT molecular complexity index is 752. The molecule has 0 aromatic carbocycles. The Morgan fingerprint density at radius 1 is 0.500 bits per heavy atom. The minimum Gasteiger partial charge on any atom is -0.383 e. The second-order valence-electron chi connectivity index (χ2n) is 12.8. The predicted molar refractivity (Wildman–Crippen MR) is 172 cm³/mol. The van der Waals surface area contributed by atoms with Crippen LogP contribution in [0.3, 0.4) is 0 Å². The van der Waals surface area contributed by atoms with Gasteiger partial charge >= 0.3 is 0 Å². The summed E-state index contributed by atoms with van der Waals surface area (Å²) in [7, 11) is 0. The van der Waals surface area contributed by atoms with Crippen molar-refractivity contribution in [3.8, 4) is 0 Å². The van der Waals surface area contributed by atoms with Crippen molar-refractivity contribution in [2.45, 2.75) is 133 Å². The molecule has 0 spiro atoms. The molecule has 0 unspecified atom stereocenters. The molecule has 4 heteroatoms. The maximum Gasteiger partial charge on any atom is 0.0539 e. The Hall–Kier alpha value is -1.84. The van der Waals surface area contributed by atoms with E-state index >= 15 is 0 Å². The summed E-state index contributed by atoms with van der Waals surface area (Å²) in [6, 6.07) is 0. The van der Waals surface area contributed by atoms with Gasteiger partial charge < -0.3 is 21.3 Å². The monoisotopic (exact) mass is 531 g/mol. The van der Waals surface area contributed by atoms with Crippen LogP contribution in [0.4, 0.5) is 0 Å². The van der Waals surface area contributed by atoms with Gasteiger partial charge in [0, 0.05) is 33.7 Å². The summed E-state index contributed by atoms with van der Waals surface area (Å²) in [4.78, 5) is 0. The van der Waals surface area contributed by atoms with Crippen LogP contribution < -0.4 is 21.3 Å². The van der Waals surface area contributed by atoms with Gasteiger partial charge in [0.15, 0.2) is 0 Å². The zero-order chi connectivity index (χ0) is 29.6. The highest BCUT2D eigenvalue weighted by atomic mass is 15.0. The van der Waals surface area contributed by atoms with Gasteiger partial charge in [0.2, 0.25) is 0 Å². The normalized spacial score (nSPS) is 13.8. The maximum atomic E-state index is 4.42. The number of nitrogens with one attached hydrogen (secondary N) is 4. The van der Waals surface area contributed by atoms with E-state index in [9.17, 15) is 0 Å². The van der Waals surface area contributed by atoms with Crippen LogP contribution in [0.5, 0.6) is 0 Å². The molecule has 0 aromatic rings. The summed E-state index contributed by atoms with van der Waals surface area (Å²) in [6.07, 6.45) is 10.3. The van der Waals surface area contributed by atoms with Gasteiger partial charge in [-0.25, -0.2) is 0 Å². The highest BCUT2D eigenvalue weighted by Crippen LogP contribution is 2.44. The second-order valence-corrected chi connectivity index (χ2v) is 12.8. The summed E-state index contributed by atoms with van der Waals surface area (Å²) in [5.74, 6) is 0. The molecule has 0 aliphatic heterocycles. The highest BCUT2D eigenvalue weighted by molar-refractivity contribution is 5.12. The quantitative estimate of drug-likeness (QED) is 0.107. The van der Waals surface area contributed by atoms with Crippen molar-refractivity contribution >= 4 is 0 Å². The number of hydrogen-bond donors (Lipinski definition) is 4. The molecule has 4 nitrogen and oxygen atoms in total. The first-order valence-corrected chi connectivity index (χ1v) is 15.4. The predicted octanol–water partition coefficient (Wildman–Crippen LogP) is 8.81. The van der Waals surface area contributed by atoms with Gasteiger partial charge in [-0.3, -0.25) is 0 Å². The average Bonchev–Trinajstić information content (AvgIpc) is 2.92. The van der Waals surface area contributed by atoms with Gasteiger partial charge in [-0.2, -0.15) is 0 Å². The number of hydrogen-bond acceptors (Lipinski definition) is 4. The molecular formula is C34H66N4. The summed E-state index contributed by atoms with van der Waals surface area (Å²) in [5.41, 5.74) is 4.83. The van der Waals surface area contributed by atoms with Crippen molar-refractivity contribution in [3.63, 3.8) is 0 Å². The van der Waals surface area contributed by atoms with Crippen LogP contribution in [0.2, 0.25) is 0 Å². The Balaban J connectivity index is 4.73. The molecule has 0 fully saturated rings. The summed E-state index contributed by atoms with van der Waals surface area (Å²) in [5, 5.41) is 14.2. The zero-order valence-corrected chi connectivity index (χ0v) is 27.3. The standard InChI is InChI=1S/C34H66N4/c1-15-31(12,16-2)25-33(14,19-5)30(11)37-23-28(9)35-22-27(8)36-24-29(10)38-34(20-6,21-7)26-32(13,17-3)18-4/h35-38H,8-11,15-26H2,1-7,12-14H3/t33-/m0/s1. The van der Waals surface area contributed by atoms with Crippen LogP contribution in [-0.2, 0) is 0 Å². The second kappa shape index (κ2) is 16.3. The van der Waals surface area contributed by atoms with Crippen LogP contribution in [0, 0.1) is 16.2 Å². The molecule has 4 N–H and O–H groups in total. The smallest absolute Gasteiger partial charge is 0.0539 e. The molecule has 0 aliphatic carbocycles. The van der Waals surface area contributed by atoms with Gasteiger partial charge in [-0.05, 0) is 42.9 Å². The van der Waals surface area contributed by atoms with E-state index in [1.165, 1.54) is 25.7 Å². The Labute approximate surface area is 238 Å². The lowest BCUT2D eigenvalue weighted by Gasteiger charge is -2.42. The molecule has 0 aromatic heterocycles. The Morgan fingerprint density at radius 3 is 1.29 bits per heavy atom. The fourth-order valence-corrected chi connectivity index (χ4v) is 5.36. The molecule has 0 radical (unpaired) electrons. The minimum atomic E-state index is 0.0669. The van der Waals surface area contributed by atoms with Crippen LogP contribution in [0.1, 0.15) is 127 Å². The van der Waals surface area contributed by atoms with Crippen molar-refractivity contribution in [1.82, 2.24) is 21.3 Å². The van der Waals surface area contributed by atoms with Crippen LogP contribution in [0.15, 0.2) is 49.1 Å². The first-order chi connectivity index (χ1) is 17.6. The first-order valence-electron chi connectivity index (χ1n) is 15.4. The van der Waals surface area contributed by atoms with E-state index < -0.39 is 0 Å². The van der Waals surface area contributed by atoms with Crippen LogP contribution in [0.25, 0.3) is 0 Å². The molecule has 0 heterocycles. The SMILES string of the molecule is C=C(CNC(=C)CNC(=C)[C@@](C)(CC)CC(C)(CC)CC)NCC(=C)NC(CC)(CC)CC(C)(CC)CC. The van der Waals surface area contributed by atoms with E-state index in [2.05, 4.69) is 117 Å². The molecular weight excluding hydrogens is 464 g/mol. The molecule has 0 aliphatic rings. The molecule has 222 valence electrons. The van der Waals surface area contributed by atoms with Crippen LogP contribution in [-0.4, -0.2) is 25.2 Å². The highest BCUT2D eigenvalue weighted by Gasteiger charge is 2.35. The number of allylic oxidation sites excluding steroid dienone is 1. The fourth-order valence-electron chi connectivity index (χ4n) is 5.36. The molecule has 0 rings (SSSR count). The molecule has 0 saturated heterocycles. The maximum absolute atomic E-state index is 4.42. The van der Waals surface area contributed by atoms with E-state index in [0.29, 0.717) is 30.5 Å². The van der Waals surface area contributed by atoms with Gasteiger partial charge in [0.05, 0.1) is 19.6 Å². The van der Waals surface area contributed by atoms with Gasteiger partial charge in [0.1, 0.15) is 0 Å². The fraction of sp³-hybridized carbons (Fsp3) is 0.765. The third-order valence-corrected chi connectivity index (χ3v) is 9.92. The van der Waals surface area contributed by atoms with Gasteiger partial charge in [-0.15, -0.1) is 0 Å². The first kappa shape index (κ1) is 36.2. The zero-order valence-electron chi connectivity index (χ0n) is 27.3. The van der Waals surface area contributed by atoms with E-state index in [1.807, 2.05) is 0 Å². The largest absolute Gasteiger partial charge is 0.383 e. The van der Waals surface area contributed by atoms with E-state index in [0.717, 1.165) is 54.9 Å². The van der Waals surface area contributed by atoms with Gasteiger partial charge in [-0.1, -0.05) is 121 Å². The van der Waals surface area contributed by atoms with E-state index in [-0.39, 0.29) is 11.0 Å². The summed E-state index contributed by atoms with van der Waals surface area (Å²) < 4.78 is 0. The lowest BCUT2D eigenvalue weighted by atomic mass is 9.67. The van der Waals surface area contributed by atoms with E-state index in [4.69, 9.17) is 0 Å². The molecule has 0 saturated carbocycles. The lowest BCUT2D eigenvalue weighted by Crippen LogP contribution is -2.48. The van der Waals surface area contributed by atoms with Crippen molar-refractivity contribution in [2.75, 3.05) is 19.6 Å². The molecule has 38 heavy (non-hydrogen) atoms. The summed E-state index contributed by atoms with van der Waals surface area (Å²) in [6.45, 7) is 42.3. The van der Waals surface area contributed by atoms with Gasteiger partial charge in [0.25, 0.3) is 0 Å². The third kappa shape index (κ3) is 11.5. The van der Waals surface area contributed by atoms with Crippen molar-refractivity contribution in [2.24, 2.45) is 16.2 Å². The molecule has 0 amide bonds. The topological polar surface area (TPSA) is 48.1 Å². The van der Waals surface area contributed by atoms with Crippen molar-refractivity contribution in [1.29, 1.82) is 0 Å². The third-order valence-electron chi connectivity index (χ3n) is 9.92. The van der Waals surface area contributed by atoms with Crippen molar-refractivity contribution < 1.29 is 0 Å². The molecule has 1 atom stereocenters. The number of rotatable bonds is 23. The lowest BCUT2D eigenvalue weighted by molar-refractivity contribution is 0.163.